The molecule has 2 saturated heterocycles. The van der Waals surface area contributed by atoms with Gasteiger partial charge in [0.2, 0.25) is 29.5 Å². The van der Waals surface area contributed by atoms with Gasteiger partial charge in [0, 0.05) is 69.8 Å². The molecule has 310 valence electrons. The Morgan fingerprint density at radius 3 is 1.62 bits per heavy atom. The number of nitrogens with zero attached hydrogens (tertiary/aromatic N) is 3. The Morgan fingerprint density at radius 1 is 0.672 bits per heavy atom. The van der Waals surface area contributed by atoms with Gasteiger partial charge in [-0.05, 0) is 122 Å². The molecule has 4 N–H and O–H groups in total. The summed E-state index contributed by atoms with van der Waals surface area (Å²) in [5.74, 6) is 1.74. The third-order valence-electron chi connectivity index (χ3n) is 11.7. The topological polar surface area (TPSA) is 175 Å². The molecule has 0 radical (unpaired) electrons. The molecule has 14 nitrogen and oxygen atoms in total. The number of carbonyl (C=O) groups is 4. The number of hydrogen-bond acceptors (Lipinski definition) is 8. The summed E-state index contributed by atoms with van der Waals surface area (Å²) in [5, 5.41) is 7.82. The molecule has 2 atom stereocenters. The van der Waals surface area contributed by atoms with E-state index in [0.29, 0.717) is 60.5 Å². The van der Waals surface area contributed by atoms with Crippen LogP contribution in [0.4, 0.5) is 11.4 Å². The zero-order chi connectivity index (χ0) is 42.0. The quantitative estimate of drug-likeness (QED) is 0.0991. The van der Waals surface area contributed by atoms with Crippen molar-refractivity contribution in [3.63, 3.8) is 0 Å². The molecule has 9 rings (SSSR count). The van der Waals surface area contributed by atoms with Gasteiger partial charge in [-0.3, -0.25) is 19.2 Å². The monoisotopic (exact) mass is 819 g/mol. The number of anilines is 2. The number of aromatic nitrogens is 3. The van der Waals surface area contributed by atoms with Gasteiger partial charge in [0.15, 0.2) is 5.76 Å². The highest BCUT2D eigenvalue weighted by Crippen LogP contribution is 2.31. The van der Waals surface area contributed by atoms with Gasteiger partial charge in [-0.15, -0.1) is 0 Å². The molecule has 2 aliphatic rings. The van der Waals surface area contributed by atoms with Crippen LogP contribution in [0, 0.1) is 0 Å². The van der Waals surface area contributed by atoms with E-state index in [2.05, 4.69) is 25.6 Å². The van der Waals surface area contributed by atoms with Crippen molar-refractivity contribution >= 4 is 56.8 Å². The molecule has 14 heteroatoms. The van der Waals surface area contributed by atoms with Gasteiger partial charge < -0.3 is 44.3 Å². The lowest BCUT2D eigenvalue weighted by Crippen LogP contribution is -2.43. The maximum Gasteiger partial charge on any atom is 0.247 e. The van der Waals surface area contributed by atoms with Crippen LogP contribution in [-0.2, 0) is 32.0 Å². The first kappa shape index (κ1) is 39.1. The Hall–Kier alpha value is -7.35. The van der Waals surface area contributed by atoms with Crippen LogP contribution in [-0.4, -0.2) is 87.8 Å². The van der Waals surface area contributed by atoms with E-state index in [-0.39, 0.29) is 36.5 Å². The molecule has 2 unspecified atom stereocenters. The van der Waals surface area contributed by atoms with Crippen LogP contribution >= 0.6 is 0 Å². The standard InChI is InChI=1S/C47H45N7O7/c1-59-34-15-17-38-36(23-34)30(25-48-38)21-43(55)53-19-3-5-40(53)45(57)51-32-11-7-28(8-12-32)42-27-50-47(61-42)29-9-13-33(14-10-29)52-46(58)41-6-4-20-54(41)44(56)22-31-26-49-39-18-16-35(60-2)24-37(31)39/h7-18,23-27,40-41,48-49H,3-6,19-22H2,1-2H3,(H,51,57)(H,52,58). The number of aromatic amines is 2. The molecular weight excluding hydrogens is 775 g/mol. The van der Waals surface area contributed by atoms with Crippen molar-refractivity contribution in [2.75, 3.05) is 37.9 Å². The Kier molecular flexibility index (Phi) is 10.7. The minimum absolute atomic E-state index is 0.0958. The van der Waals surface area contributed by atoms with E-state index < -0.39 is 12.1 Å². The van der Waals surface area contributed by atoms with Crippen molar-refractivity contribution in [1.29, 1.82) is 0 Å². The number of ether oxygens (including phenoxy) is 2. The maximum absolute atomic E-state index is 13.5. The SMILES string of the molecule is COc1ccc2[nH]cc(CC(=O)N3CCCC3C(=O)Nc3ccc(-c4cnc(-c5ccc(NC(=O)C6CCCN6C(=O)Cc6c[nH]c7ccc(OC)cc67)cc5)o4)cc3)c2c1. The third kappa shape index (κ3) is 8.04. The number of nitrogens with one attached hydrogen (secondary N) is 4. The number of oxazole rings is 1. The van der Waals surface area contributed by atoms with E-state index in [9.17, 15) is 19.2 Å². The summed E-state index contributed by atoms with van der Waals surface area (Å²) < 4.78 is 16.9. The van der Waals surface area contributed by atoms with Crippen LogP contribution in [0.3, 0.4) is 0 Å². The van der Waals surface area contributed by atoms with Crippen molar-refractivity contribution in [3.8, 4) is 34.3 Å². The van der Waals surface area contributed by atoms with Crippen LogP contribution in [0.2, 0.25) is 0 Å². The van der Waals surface area contributed by atoms with Crippen LogP contribution in [0.1, 0.15) is 36.8 Å². The second kappa shape index (κ2) is 16.7. The molecule has 0 aliphatic carbocycles. The van der Waals surface area contributed by atoms with Gasteiger partial charge in [0.1, 0.15) is 23.6 Å². The van der Waals surface area contributed by atoms with Gasteiger partial charge >= 0.3 is 0 Å². The Bertz CT molecular complexity index is 2570. The number of H-pyrrole nitrogens is 2. The summed E-state index contributed by atoms with van der Waals surface area (Å²) in [5.41, 5.74) is 6.26. The van der Waals surface area contributed by atoms with E-state index in [0.717, 1.165) is 56.9 Å². The molecule has 0 spiro atoms. The van der Waals surface area contributed by atoms with E-state index in [1.165, 1.54) is 0 Å². The summed E-state index contributed by atoms with van der Waals surface area (Å²) in [6, 6.07) is 24.8. The minimum Gasteiger partial charge on any atom is -0.497 e. The molecule has 61 heavy (non-hydrogen) atoms. The van der Waals surface area contributed by atoms with Gasteiger partial charge in [-0.2, -0.15) is 0 Å². The second-order valence-electron chi connectivity index (χ2n) is 15.5. The number of carbonyl (C=O) groups excluding carboxylic acids is 4. The first-order chi connectivity index (χ1) is 29.7. The van der Waals surface area contributed by atoms with Crippen molar-refractivity contribution < 1.29 is 33.1 Å². The fourth-order valence-corrected chi connectivity index (χ4v) is 8.47. The summed E-state index contributed by atoms with van der Waals surface area (Å²) >= 11 is 0. The van der Waals surface area contributed by atoms with Crippen LogP contribution in [0.15, 0.2) is 108 Å². The number of amides is 4. The summed E-state index contributed by atoms with van der Waals surface area (Å²) in [6.07, 6.45) is 8.37. The van der Waals surface area contributed by atoms with Crippen LogP contribution in [0.5, 0.6) is 11.5 Å². The number of methoxy groups -OCH3 is 2. The molecule has 3 aromatic heterocycles. The lowest BCUT2D eigenvalue weighted by atomic mass is 10.1. The zero-order valence-electron chi connectivity index (χ0n) is 33.8. The normalized spacial score (nSPS) is 16.3. The van der Waals surface area contributed by atoms with E-state index in [4.69, 9.17) is 13.9 Å². The summed E-state index contributed by atoms with van der Waals surface area (Å²) in [4.78, 5) is 68.1. The summed E-state index contributed by atoms with van der Waals surface area (Å²) in [6.45, 7) is 1.05. The average molecular weight is 820 g/mol. The highest BCUT2D eigenvalue weighted by molar-refractivity contribution is 6.00. The van der Waals surface area contributed by atoms with E-state index in [1.807, 2.05) is 73.1 Å². The van der Waals surface area contributed by atoms with Gasteiger partial charge in [0.25, 0.3) is 0 Å². The molecule has 7 aromatic rings. The predicted octanol–water partition coefficient (Wildman–Crippen LogP) is 7.33. The Balaban J connectivity index is 0.785. The molecule has 2 fully saturated rings. The number of fused-ring (bicyclic) bond motifs is 2. The smallest absolute Gasteiger partial charge is 0.247 e. The Labute approximate surface area is 351 Å². The van der Waals surface area contributed by atoms with Crippen molar-refractivity contribution in [2.24, 2.45) is 0 Å². The van der Waals surface area contributed by atoms with E-state index in [1.54, 1.807) is 54.5 Å². The van der Waals surface area contributed by atoms with Gasteiger partial charge in [-0.25, -0.2) is 4.98 Å². The van der Waals surface area contributed by atoms with Crippen molar-refractivity contribution in [3.05, 3.63) is 115 Å². The molecule has 0 saturated carbocycles. The predicted molar refractivity (Wildman–Crippen MR) is 231 cm³/mol. The van der Waals surface area contributed by atoms with Crippen molar-refractivity contribution in [2.45, 2.75) is 50.6 Å². The lowest BCUT2D eigenvalue weighted by Gasteiger charge is -2.24. The minimum atomic E-state index is -0.560. The lowest BCUT2D eigenvalue weighted by molar-refractivity contribution is -0.136. The van der Waals surface area contributed by atoms with Gasteiger partial charge in [0.05, 0.1) is 33.3 Å². The highest BCUT2D eigenvalue weighted by Gasteiger charge is 2.35. The average Bonchev–Trinajstić information content (AvgIpc) is 4.15. The molecule has 2 aliphatic heterocycles. The summed E-state index contributed by atoms with van der Waals surface area (Å²) in [7, 11) is 3.22. The Morgan fingerprint density at radius 2 is 1.15 bits per heavy atom. The molecule has 0 bridgehead atoms. The second-order valence-corrected chi connectivity index (χ2v) is 15.5. The third-order valence-corrected chi connectivity index (χ3v) is 11.7. The number of benzene rings is 4. The number of likely N-dealkylation sites (tertiary alicyclic amines) is 2. The van der Waals surface area contributed by atoms with Gasteiger partial charge in [-0.1, -0.05) is 0 Å². The number of hydrogen-bond donors (Lipinski definition) is 4. The molecule has 4 amide bonds. The molecule has 5 heterocycles. The fraction of sp³-hybridized carbons (Fsp3) is 0.255. The maximum atomic E-state index is 13.5. The fourth-order valence-electron chi connectivity index (χ4n) is 8.47. The van der Waals surface area contributed by atoms with Crippen LogP contribution in [0.25, 0.3) is 44.6 Å². The first-order valence-electron chi connectivity index (χ1n) is 20.4. The zero-order valence-corrected chi connectivity index (χ0v) is 33.8. The molecule has 4 aromatic carbocycles. The first-order valence-corrected chi connectivity index (χ1v) is 20.4. The van der Waals surface area contributed by atoms with E-state index >= 15 is 0 Å². The number of rotatable bonds is 12. The van der Waals surface area contributed by atoms with Crippen molar-refractivity contribution in [1.82, 2.24) is 24.8 Å². The highest BCUT2D eigenvalue weighted by atomic mass is 16.5. The molecular formula is C47H45N7O7. The van der Waals surface area contributed by atoms with Crippen LogP contribution < -0.4 is 20.1 Å². The largest absolute Gasteiger partial charge is 0.497 e.